The van der Waals surface area contributed by atoms with E-state index < -0.39 is 7.92 Å². The van der Waals surface area contributed by atoms with Gasteiger partial charge in [0.15, 0.2) is 0 Å². The summed E-state index contributed by atoms with van der Waals surface area (Å²) in [4.78, 5) is 0. The Hall–Kier alpha value is -5.05. The van der Waals surface area contributed by atoms with Crippen molar-refractivity contribution in [3.05, 3.63) is 172 Å². The van der Waals surface area contributed by atoms with Crippen LogP contribution in [0.4, 0.5) is 0 Å². The first-order chi connectivity index (χ1) is 28.1. The molecule has 5 heteroatoms. The van der Waals surface area contributed by atoms with Gasteiger partial charge in [0.2, 0.25) is 0 Å². The molecular weight excluding hydrogens is 720 g/mol. The summed E-state index contributed by atoms with van der Waals surface area (Å²) in [6, 6.07) is 46.9. The molecule has 0 atom stereocenters. The van der Waals surface area contributed by atoms with Gasteiger partial charge in [0.1, 0.15) is 23.0 Å². The Morgan fingerprint density at radius 2 is 0.614 bits per heavy atom. The quantitative estimate of drug-likeness (QED) is 0.0972. The van der Waals surface area contributed by atoms with Crippen LogP contribution in [0.25, 0.3) is 0 Å². The van der Waals surface area contributed by atoms with Crippen molar-refractivity contribution in [2.24, 2.45) is 0 Å². The molecule has 294 valence electrons. The van der Waals surface area contributed by atoms with Gasteiger partial charge in [-0.1, -0.05) is 143 Å². The lowest BCUT2D eigenvalue weighted by molar-refractivity contribution is 0.304. The average Bonchev–Trinajstić information content (AvgIpc) is 3.23. The van der Waals surface area contributed by atoms with Gasteiger partial charge in [-0.2, -0.15) is 0 Å². The van der Waals surface area contributed by atoms with Crippen molar-refractivity contribution >= 4 is 23.8 Å². The van der Waals surface area contributed by atoms with Crippen LogP contribution >= 0.6 is 7.92 Å². The monoisotopic (exact) mass is 776 g/mol. The molecular formula is C52H57O4P. The fourth-order valence-electron chi connectivity index (χ4n) is 7.86. The lowest BCUT2D eigenvalue weighted by Crippen LogP contribution is -2.22. The minimum atomic E-state index is -0.869. The zero-order valence-corrected chi connectivity index (χ0v) is 35.1. The van der Waals surface area contributed by atoms with Crippen molar-refractivity contribution in [3.8, 4) is 23.0 Å². The third kappa shape index (κ3) is 9.57. The molecule has 0 spiro atoms. The Morgan fingerprint density at radius 1 is 0.333 bits per heavy atom. The Labute approximate surface area is 342 Å². The fourth-order valence-corrected chi connectivity index (χ4v) is 10.3. The first kappa shape index (κ1) is 40.2. The molecule has 8 bridgehead atoms. The van der Waals surface area contributed by atoms with E-state index in [4.69, 9.17) is 18.9 Å². The highest BCUT2D eigenvalue weighted by atomic mass is 31.1. The van der Waals surface area contributed by atoms with Crippen molar-refractivity contribution in [2.45, 2.75) is 79.1 Å². The van der Waals surface area contributed by atoms with Gasteiger partial charge in [-0.05, 0) is 106 Å². The third-order valence-electron chi connectivity index (χ3n) is 10.4. The maximum Gasteiger partial charge on any atom is 0.126 e. The number of para-hydroxylation sites is 3. The highest BCUT2D eigenvalue weighted by Gasteiger charge is 2.25. The second kappa shape index (κ2) is 19.9. The van der Waals surface area contributed by atoms with Crippen LogP contribution in [0.3, 0.4) is 0 Å². The van der Waals surface area contributed by atoms with Crippen molar-refractivity contribution in [1.29, 1.82) is 0 Å². The van der Waals surface area contributed by atoms with Gasteiger partial charge in [0, 0.05) is 25.7 Å². The van der Waals surface area contributed by atoms with Crippen LogP contribution in [0, 0.1) is 0 Å². The molecule has 1 aliphatic rings. The van der Waals surface area contributed by atoms with Gasteiger partial charge in [-0.15, -0.1) is 0 Å². The molecule has 0 N–H and O–H groups in total. The molecule has 0 saturated carbocycles. The van der Waals surface area contributed by atoms with Crippen LogP contribution < -0.4 is 34.9 Å². The molecule has 0 radical (unpaired) electrons. The third-order valence-corrected chi connectivity index (χ3v) is 12.8. The van der Waals surface area contributed by atoms with Crippen molar-refractivity contribution in [2.75, 3.05) is 26.4 Å². The Kier molecular flexibility index (Phi) is 14.0. The molecule has 6 aromatic carbocycles. The molecule has 0 fully saturated rings. The lowest BCUT2D eigenvalue weighted by Gasteiger charge is -2.25. The molecule has 0 amide bonds. The van der Waals surface area contributed by atoms with E-state index in [1.54, 1.807) is 0 Å². The number of benzene rings is 6. The standard InChI is InChI=1S/C52H57O4P/c1-5-28-53-49-38-18-15-19-39(49)33-41-21-17-23-43(51(41)55-30-7-3)35-45-37-48(57(46-24-11-9-12-25-46)47-26-13-10-14-27-47)36-44(52(45)56-31-8-4)34-42-22-16-20-40(32-38)50(42)54-29-6-2/h9-27,36-37H,5-8,28-35H2,1-4H3. The molecule has 0 aliphatic heterocycles. The molecule has 57 heavy (non-hydrogen) atoms. The van der Waals surface area contributed by atoms with E-state index >= 15 is 0 Å². The number of fused-ring (bicyclic) bond motifs is 8. The number of rotatable bonds is 15. The van der Waals surface area contributed by atoms with E-state index in [-0.39, 0.29) is 0 Å². The first-order valence-electron chi connectivity index (χ1n) is 21.0. The van der Waals surface area contributed by atoms with Gasteiger partial charge in [-0.25, -0.2) is 0 Å². The van der Waals surface area contributed by atoms with E-state index in [1.807, 2.05) is 0 Å². The molecule has 4 nitrogen and oxygen atoms in total. The topological polar surface area (TPSA) is 36.9 Å². The second-order valence-corrected chi connectivity index (χ2v) is 17.1. The molecule has 0 heterocycles. The smallest absolute Gasteiger partial charge is 0.126 e. The largest absolute Gasteiger partial charge is 0.493 e. The first-order valence-corrected chi connectivity index (χ1v) is 22.3. The number of hydrogen-bond acceptors (Lipinski definition) is 4. The second-order valence-electron chi connectivity index (χ2n) is 14.9. The van der Waals surface area contributed by atoms with Crippen LogP contribution in [0.5, 0.6) is 23.0 Å². The Morgan fingerprint density at radius 3 is 0.912 bits per heavy atom. The molecule has 6 aromatic rings. The van der Waals surface area contributed by atoms with Crippen molar-refractivity contribution in [3.63, 3.8) is 0 Å². The van der Waals surface area contributed by atoms with Gasteiger partial charge in [0.25, 0.3) is 0 Å². The fraction of sp³-hybridized carbons (Fsp3) is 0.308. The minimum Gasteiger partial charge on any atom is -0.493 e. The predicted molar refractivity (Wildman–Crippen MR) is 239 cm³/mol. The van der Waals surface area contributed by atoms with Crippen molar-refractivity contribution in [1.82, 2.24) is 0 Å². The van der Waals surface area contributed by atoms with Crippen LogP contribution in [0.2, 0.25) is 0 Å². The SMILES string of the molecule is CCCOc1c2cccc1Cc1cccc(c1OCCC)Cc1cc(P(c3ccccc3)c3ccccc3)cc(c1OCCC)Cc1cccc(c1OCCC)C2. The summed E-state index contributed by atoms with van der Waals surface area (Å²) in [6.07, 6.45) is 6.48. The van der Waals surface area contributed by atoms with Crippen LogP contribution in [0.1, 0.15) is 97.9 Å². The summed E-state index contributed by atoms with van der Waals surface area (Å²) in [6.45, 7) is 11.3. The normalized spacial score (nSPS) is 12.3. The predicted octanol–water partition coefficient (Wildman–Crippen LogP) is 11.3. The average molecular weight is 777 g/mol. The van der Waals surface area contributed by atoms with Gasteiger partial charge in [-0.3, -0.25) is 0 Å². The summed E-state index contributed by atoms with van der Waals surface area (Å²) in [5.41, 5.74) is 9.39. The van der Waals surface area contributed by atoms with Gasteiger partial charge in [0.05, 0.1) is 26.4 Å². The van der Waals surface area contributed by atoms with Gasteiger partial charge >= 0.3 is 0 Å². The van der Waals surface area contributed by atoms with Crippen LogP contribution in [-0.2, 0) is 25.7 Å². The molecule has 0 unspecified atom stereocenters. The summed E-state index contributed by atoms with van der Waals surface area (Å²) in [5.74, 6) is 3.90. The van der Waals surface area contributed by atoms with E-state index in [0.717, 1.165) is 48.7 Å². The Bertz CT molecular complexity index is 2070. The zero-order valence-electron chi connectivity index (χ0n) is 34.2. The number of hydrogen-bond donors (Lipinski definition) is 0. The maximum absolute atomic E-state index is 6.89. The maximum atomic E-state index is 6.89. The van der Waals surface area contributed by atoms with Crippen LogP contribution in [0.15, 0.2) is 127 Å². The lowest BCUT2D eigenvalue weighted by atomic mass is 9.91. The van der Waals surface area contributed by atoms with E-state index in [1.165, 1.54) is 60.4 Å². The highest BCUT2D eigenvalue weighted by molar-refractivity contribution is 7.79. The van der Waals surface area contributed by atoms with E-state index in [2.05, 4.69) is 155 Å². The number of ether oxygens (including phenoxy) is 4. The molecule has 1 aliphatic carbocycles. The van der Waals surface area contributed by atoms with Crippen molar-refractivity contribution < 1.29 is 18.9 Å². The summed E-state index contributed by atoms with van der Waals surface area (Å²) >= 11 is 0. The summed E-state index contributed by atoms with van der Waals surface area (Å²) in [7, 11) is -0.869. The Balaban J connectivity index is 1.51. The van der Waals surface area contributed by atoms with Crippen LogP contribution in [-0.4, -0.2) is 26.4 Å². The van der Waals surface area contributed by atoms with E-state index in [0.29, 0.717) is 52.1 Å². The summed E-state index contributed by atoms with van der Waals surface area (Å²) in [5, 5.41) is 3.96. The molecule has 7 rings (SSSR count). The zero-order chi connectivity index (χ0) is 39.4. The van der Waals surface area contributed by atoms with E-state index in [9.17, 15) is 0 Å². The van der Waals surface area contributed by atoms with Gasteiger partial charge < -0.3 is 18.9 Å². The molecule has 0 aromatic heterocycles. The minimum absolute atomic E-state index is 0.638. The molecule has 0 saturated heterocycles. The highest BCUT2D eigenvalue weighted by Crippen LogP contribution is 2.41. The summed E-state index contributed by atoms with van der Waals surface area (Å²) < 4.78 is 27.1.